The van der Waals surface area contributed by atoms with Crippen LogP contribution in [0.1, 0.15) is 32.6 Å². The van der Waals surface area contributed by atoms with Crippen molar-refractivity contribution in [1.82, 2.24) is 10.2 Å². The molecular weight excluding hydrogens is 202 g/mol. The van der Waals surface area contributed by atoms with Crippen molar-refractivity contribution < 1.29 is 4.79 Å². The number of amides is 1. The van der Waals surface area contributed by atoms with Gasteiger partial charge in [-0.1, -0.05) is 0 Å². The zero-order valence-corrected chi connectivity index (χ0v) is 10.1. The molecule has 2 aliphatic rings. The molecule has 92 valence electrons. The van der Waals surface area contributed by atoms with Crippen LogP contribution in [0.3, 0.4) is 0 Å². The van der Waals surface area contributed by atoms with Crippen LogP contribution in [0, 0.1) is 5.92 Å². The topological polar surface area (TPSA) is 58.4 Å². The first-order chi connectivity index (χ1) is 7.69. The quantitative estimate of drug-likeness (QED) is 0.708. The molecule has 16 heavy (non-hydrogen) atoms. The summed E-state index contributed by atoms with van der Waals surface area (Å²) < 4.78 is 0. The SMILES string of the molecule is CC1CC(CN)CN1CCC(=O)NC1CC1. The molecule has 1 heterocycles. The minimum Gasteiger partial charge on any atom is -0.353 e. The van der Waals surface area contributed by atoms with Crippen LogP contribution in [0.4, 0.5) is 0 Å². The highest BCUT2D eigenvalue weighted by molar-refractivity contribution is 5.76. The van der Waals surface area contributed by atoms with E-state index in [1.54, 1.807) is 0 Å². The van der Waals surface area contributed by atoms with Crippen molar-refractivity contribution in [2.75, 3.05) is 19.6 Å². The Morgan fingerprint density at radius 2 is 2.25 bits per heavy atom. The van der Waals surface area contributed by atoms with E-state index in [1.807, 2.05) is 0 Å². The van der Waals surface area contributed by atoms with E-state index in [0.717, 1.165) is 19.6 Å². The second kappa shape index (κ2) is 5.15. The van der Waals surface area contributed by atoms with Crippen molar-refractivity contribution in [2.45, 2.75) is 44.7 Å². The molecule has 0 radical (unpaired) electrons. The molecule has 4 heteroatoms. The Balaban J connectivity index is 1.66. The molecule has 2 rings (SSSR count). The van der Waals surface area contributed by atoms with E-state index >= 15 is 0 Å². The predicted molar refractivity (Wildman–Crippen MR) is 64.0 cm³/mol. The lowest BCUT2D eigenvalue weighted by atomic mass is 10.1. The zero-order valence-electron chi connectivity index (χ0n) is 10.1. The maximum atomic E-state index is 11.5. The molecule has 1 aliphatic carbocycles. The summed E-state index contributed by atoms with van der Waals surface area (Å²) in [5, 5.41) is 3.03. The normalized spacial score (nSPS) is 30.6. The Kier molecular flexibility index (Phi) is 3.82. The van der Waals surface area contributed by atoms with E-state index in [1.165, 1.54) is 19.3 Å². The minimum absolute atomic E-state index is 0.214. The van der Waals surface area contributed by atoms with Crippen LogP contribution in [-0.2, 0) is 4.79 Å². The van der Waals surface area contributed by atoms with Crippen LogP contribution >= 0.6 is 0 Å². The molecule has 1 amide bonds. The van der Waals surface area contributed by atoms with E-state index < -0.39 is 0 Å². The molecule has 4 nitrogen and oxygen atoms in total. The van der Waals surface area contributed by atoms with E-state index in [9.17, 15) is 4.79 Å². The smallest absolute Gasteiger partial charge is 0.221 e. The van der Waals surface area contributed by atoms with Gasteiger partial charge in [0.05, 0.1) is 0 Å². The molecule has 0 bridgehead atoms. The molecule has 1 saturated carbocycles. The zero-order chi connectivity index (χ0) is 11.5. The van der Waals surface area contributed by atoms with Gasteiger partial charge in [-0.15, -0.1) is 0 Å². The van der Waals surface area contributed by atoms with Gasteiger partial charge >= 0.3 is 0 Å². The van der Waals surface area contributed by atoms with Gasteiger partial charge in [0.25, 0.3) is 0 Å². The first-order valence-corrected chi connectivity index (χ1v) is 6.42. The number of likely N-dealkylation sites (tertiary alicyclic amines) is 1. The van der Waals surface area contributed by atoms with Crippen molar-refractivity contribution in [2.24, 2.45) is 11.7 Å². The number of nitrogens with zero attached hydrogens (tertiary/aromatic N) is 1. The highest BCUT2D eigenvalue weighted by atomic mass is 16.1. The molecule has 1 aliphatic heterocycles. The number of carbonyl (C=O) groups is 1. The molecule has 1 saturated heterocycles. The van der Waals surface area contributed by atoms with Crippen LogP contribution in [0.2, 0.25) is 0 Å². The van der Waals surface area contributed by atoms with Crippen LogP contribution in [-0.4, -0.2) is 42.5 Å². The predicted octanol–water partition coefficient (Wildman–Crippen LogP) is 0.324. The van der Waals surface area contributed by atoms with Crippen molar-refractivity contribution in [1.29, 1.82) is 0 Å². The summed E-state index contributed by atoms with van der Waals surface area (Å²) in [5.41, 5.74) is 5.68. The summed E-state index contributed by atoms with van der Waals surface area (Å²) in [7, 11) is 0. The van der Waals surface area contributed by atoms with Crippen molar-refractivity contribution in [3.63, 3.8) is 0 Å². The third-order valence-electron chi connectivity index (χ3n) is 3.69. The van der Waals surface area contributed by atoms with E-state index in [-0.39, 0.29) is 5.91 Å². The third-order valence-corrected chi connectivity index (χ3v) is 3.69. The number of hydrogen-bond acceptors (Lipinski definition) is 3. The molecular formula is C12H23N3O. The van der Waals surface area contributed by atoms with E-state index in [2.05, 4.69) is 17.1 Å². The van der Waals surface area contributed by atoms with Crippen molar-refractivity contribution >= 4 is 5.91 Å². The molecule has 2 unspecified atom stereocenters. The van der Waals surface area contributed by atoms with Crippen LogP contribution in [0.15, 0.2) is 0 Å². The summed E-state index contributed by atoms with van der Waals surface area (Å²) in [5.74, 6) is 0.840. The number of rotatable bonds is 5. The standard InChI is InChI=1S/C12H23N3O/c1-9-6-10(7-13)8-15(9)5-4-12(16)14-11-2-3-11/h9-11H,2-8,13H2,1H3,(H,14,16). The van der Waals surface area contributed by atoms with Gasteiger partial charge < -0.3 is 11.1 Å². The lowest BCUT2D eigenvalue weighted by molar-refractivity contribution is -0.121. The Labute approximate surface area is 97.6 Å². The second-order valence-electron chi connectivity index (χ2n) is 5.27. The maximum absolute atomic E-state index is 11.5. The second-order valence-corrected chi connectivity index (χ2v) is 5.27. The molecule has 2 fully saturated rings. The molecule has 2 atom stereocenters. The van der Waals surface area contributed by atoms with Gasteiger partial charge in [-0.3, -0.25) is 9.69 Å². The monoisotopic (exact) mass is 225 g/mol. The third kappa shape index (κ3) is 3.19. The highest BCUT2D eigenvalue weighted by Gasteiger charge is 2.28. The molecule has 0 aromatic heterocycles. The molecule has 3 N–H and O–H groups in total. The average molecular weight is 225 g/mol. The minimum atomic E-state index is 0.214. The van der Waals surface area contributed by atoms with Gasteiger partial charge in [0.1, 0.15) is 0 Å². The van der Waals surface area contributed by atoms with Gasteiger partial charge in [0.2, 0.25) is 5.91 Å². The number of nitrogens with one attached hydrogen (secondary N) is 1. The van der Waals surface area contributed by atoms with E-state index in [4.69, 9.17) is 5.73 Å². The Bertz CT molecular complexity index is 253. The first-order valence-electron chi connectivity index (χ1n) is 6.42. The van der Waals surface area contributed by atoms with E-state index in [0.29, 0.717) is 24.4 Å². The molecule has 0 aromatic rings. The fourth-order valence-electron chi connectivity index (χ4n) is 2.47. The largest absolute Gasteiger partial charge is 0.353 e. The Morgan fingerprint density at radius 1 is 1.50 bits per heavy atom. The number of carbonyl (C=O) groups excluding carboxylic acids is 1. The van der Waals surface area contributed by atoms with Gasteiger partial charge in [-0.25, -0.2) is 0 Å². The summed E-state index contributed by atoms with van der Waals surface area (Å²) >= 11 is 0. The van der Waals surface area contributed by atoms with Crippen molar-refractivity contribution in [3.05, 3.63) is 0 Å². The van der Waals surface area contributed by atoms with Gasteiger partial charge in [-0.05, 0) is 38.6 Å². The van der Waals surface area contributed by atoms with Crippen LogP contribution in [0.5, 0.6) is 0 Å². The summed E-state index contributed by atoms with van der Waals surface area (Å²) in [4.78, 5) is 13.9. The lowest BCUT2D eigenvalue weighted by Crippen LogP contribution is -2.34. The molecule has 0 aromatic carbocycles. The van der Waals surface area contributed by atoms with Gasteiger partial charge in [0, 0.05) is 31.6 Å². The summed E-state index contributed by atoms with van der Waals surface area (Å²) in [6.07, 6.45) is 4.15. The van der Waals surface area contributed by atoms with Gasteiger partial charge in [0.15, 0.2) is 0 Å². The van der Waals surface area contributed by atoms with Crippen LogP contribution in [0.25, 0.3) is 0 Å². The maximum Gasteiger partial charge on any atom is 0.221 e. The lowest BCUT2D eigenvalue weighted by Gasteiger charge is -2.20. The number of nitrogens with two attached hydrogens (primary N) is 1. The first kappa shape index (κ1) is 11.9. The number of hydrogen-bond donors (Lipinski definition) is 2. The van der Waals surface area contributed by atoms with Gasteiger partial charge in [-0.2, -0.15) is 0 Å². The van der Waals surface area contributed by atoms with Crippen LogP contribution < -0.4 is 11.1 Å². The summed E-state index contributed by atoms with van der Waals surface area (Å²) in [6, 6.07) is 1.07. The summed E-state index contributed by atoms with van der Waals surface area (Å²) in [6.45, 7) is 4.95. The Hall–Kier alpha value is -0.610. The fraction of sp³-hybridized carbons (Fsp3) is 0.917. The Morgan fingerprint density at radius 3 is 2.81 bits per heavy atom. The highest BCUT2D eigenvalue weighted by Crippen LogP contribution is 2.22. The average Bonchev–Trinajstić information content (AvgIpc) is 2.98. The van der Waals surface area contributed by atoms with Crippen molar-refractivity contribution in [3.8, 4) is 0 Å². The fourth-order valence-corrected chi connectivity index (χ4v) is 2.47. The molecule has 0 spiro atoms.